The van der Waals surface area contributed by atoms with Crippen LogP contribution in [0.5, 0.6) is 0 Å². The van der Waals surface area contributed by atoms with Gasteiger partial charge in [0.2, 0.25) is 0 Å². The van der Waals surface area contributed by atoms with Crippen LogP contribution < -0.4 is 5.43 Å². The molecule has 1 heterocycles. The Balaban J connectivity index is 2.28. The minimum absolute atomic E-state index is 0.299. The highest BCUT2D eigenvalue weighted by Crippen LogP contribution is 2.21. The Labute approximate surface area is 105 Å². The van der Waals surface area contributed by atoms with Crippen molar-refractivity contribution in [2.24, 2.45) is 0 Å². The molecular formula is C15H16OS. The maximum atomic E-state index is 12.4. The summed E-state index contributed by atoms with van der Waals surface area (Å²) in [5.74, 6) is 0. The third-order valence-corrected chi connectivity index (χ3v) is 4.39. The summed E-state index contributed by atoms with van der Waals surface area (Å²) < 4.78 is 0. The van der Waals surface area contributed by atoms with Crippen molar-refractivity contribution in [1.29, 1.82) is 0 Å². The number of rotatable bonds is 0. The van der Waals surface area contributed by atoms with E-state index in [1.54, 1.807) is 11.3 Å². The molecule has 2 bridgehead atoms. The van der Waals surface area contributed by atoms with E-state index in [1.165, 1.54) is 23.6 Å². The van der Waals surface area contributed by atoms with E-state index in [4.69, 9.17) is 0 Å². The molecule has 2 aromatic rings. The van der Waals surface area contributed by atoms with E-state index in [0.717, 1.165) is 36.8 Å². The summed E-state index contributed by atoms with van der Waals surface area (Å²) in [6.45, 7) is 0. The molecule has 1 aliphatic carbocycles. The van der Waals surface area contributed by atoms with Crippen molar-refractivity contribution in [3.05, 3.63) is 44.2 Å². The van der Waals surface area contributed by atoms with Crippen LogP contribution in [0.3, 0.4) is 0 Å². The molecule has 0 fully saturated rings. The maximum absolute atomic E-state index is 12.4. The van der Waals surface area contributed by atoms with Gasteiger partial charge in [-0.05, 0) is 59.3 Å². The monoisotopic (exact) mass is 244 g/mol. The lowest BCUT2D eigenvalue weighted by molar-refractivity contribution is 0.648. The predicted octanol–water partition coefficient (Wildman–Crippen LogP) is 3.92. The van der Waals surface area contributed by atoms with Gasteiger partial charge >= 0.3 is 0 Å². The Kier molecular flexibility index (Phi) is 2.98. The molecule has 0 amide bonds. The molecule has 0 atom stereocenters. The van der Waals surface area contributed by atoms with Gasteiger partial charge in [-0.2, -0.15) is 11.3 Å². The molecule has 0 aliphatic heterocycles. The molecule has 0 unspecified atom stereocenters. The van der Waals surface area contributed by atoms with Crippen molar-refractivity contribution in [2.45, 2.75) is 38.5 Å². The van der Waals surface area contributed by atoms with E-state index in [0.29, 0.717) is 5.43 Å². The molecule has 2 heteroatoms. The first kappa shape index (κ1) is 11.0. The van der Waals surface area contributed by atoms with Crippen molar-refractivity contribution in [3.8, 4) is 0 Å². The molecule has 0 saturated heterocycles. The normalized spacial score (nSPS) is 16.2. The Morgan fingerprint density at radius 2 is 1.35 bits per heavy atom. The Morgan fingerprint density at radius 1 is 0.824 bits per heavy atom. The molecule has 88 valence electrons. The summed E-state index contributed by atoms with van der Waals surface area (Å²) >= 11 is 1.72. The van der Waals surface area contributed by atoms with Crippen LogP contribution in [-0.2, 0) is 12.8 Å². The Morgan fingerprint density at radius 3 is 1.88 bits per heavy atom. The second-order valence-corrected chi connectivity index (χ2v) is 5.61. The molecule has 0 saturated carbocycles. The molecule has 1 aromatic carbocycles. The Bertz CT molecular complexity index is 549. The summed E-state index contributed by atoms with van der Waals surface area (Å²) in [6, 6.07) is 4.23. The average molecular weight is 244 g/mol. The van der Waals surface area contributed by atoms with E-state index < -0.39 is 0 Å². The Hall–Kier alpha value is -1.15. The zero-order valence-electron chi connectivity index (χ0n) is 9.87. The van der Waals surface area contributed by atoms with Crippen LogP contribution in [0.4, 0.5) is 0 Å². The van der Waals surface area contributed by atoms with Crippen LogP contribution in [0, 0.1) is 0 Å². The molecule has 1 aromatic heterocycles. The molecule has 0 radical (unpaired) electrons. The van der Waals surface area contributed by atoms with Gasteiger partial charge in [0, 0.05) is 11.1 Å². The molecule has 17 heavy (non-hydrogen) atoms. The molecule has 1 aliphatic rings. The summed E-state index contributed by atoms with van der Waals surface area (Å²) in [6.07, 6.45) is 6.73. The summed E-state index contributed by atoms with van der Waals surface area (Å²) in [4.78, 5) is 12.4. The lowest BCUT2D eigenvalue weighted by atomic mass is 10.1. The van der Waals surface area contributed by atoms with Crippen molar-refractivity contribution in [2.75, 3.05) is 0 Å². The first-order chi connectivity index (χ1) is 8.34. The lowest BCUT2D eigenvalue weighted by Gasteiger charge is -1.97. The van der Waals surface area contributed by atoms with Crippen LogP contribution in [0.2, 0.25) is 0 Å². The zero-order valence-corrected chi connectivity index (χ0v) is 10.7. The van der Waals surface area contributed by atoms with E-state index in [2.05, 4.69) is 22.9 Å². The smallest absolute Gasteiger partial charge is 0.185 e. The molecule has 1 nitrogen and oxygen atoms in total. The van der Waals surface area contributed by atoms with Crippen LogP contribution >= 0.6 is 11.3 Å². The first-order valence-corrected chi connectivity index (χ1v) is 7.31. The highest BCUT2D eigenvalue weighted by molar-refractivity contribution is 7.09. The van der Waals surface area contributed by atoms with Gasteiger partial charge in [-0.15, -0.1) is 0 Å². The van der Waals surface area contributed by atoms with E-state index >= 15 is 0 Å². The second kappa shape index (κ2) is 4.61. The topological polar surface area (TPSA) is 17.1 Å². The van der Waals surface area contributed by atoms with Gasteiger partial charge in [-0.25, -0.2) is 0 Å². The first-order valence-electron chi connectivity index (χ1n) is 6.36. The number of aryl methyl sites for hydroxylation is 2. The van der Waals surface area contributed by atoms with Crippen molar-refractivity contribution >= 4 is 22.1 Å². The largest absolute Gasteiger partial charge is 0.289 e. The van der Waals surface area contributed by atoms with Gasteiger partial charge in [0.05, 0.1) is 0 Å². The van der Waals surface area contributed by atoms with Gasteiger partial charge < -0.3 is 0 Å². The second-order valence-electron chi connectivity index (χ2n) is 4.86. The van der Waals surface area contributed by atoms with Gasteiger partial charge in [0.1, 0.15) is 0 Å². The average Bonchev–Trinajstić information content (AvgIpc) is 2.72. The molecule has 3 rings (SSSR count). The third-order valence-electron chi connectivity index (χ3n) is 3.61. The highest BCUT2D eigenvalue weighted by Gasteiger charge is 2.09. The molecule has 0 spiro atoms. The lowest BCUT2D eigenvalue weighted by Crippen LogP contribution is -2.10. The number of thiophene rings is 1. The fourth-order valence-corrected chi connectivity index (χ4v) is 3.39. The summed E-state index contributed by atoms with van der Waals surface area (Å²) in [5.41, 5.74) is 2.35. The number of fused-ring (bicyclic) bond motifs is 3. The fraction of sp³-hybridized carbons (Fsp3) is 0.400. The van der Waals surface area contributed by atoms with Crippen LogP contribution in [-0.4, -0.2) is 0 Å². The van der Waals surface area contributed by atoms with Gasteiger partial charge in [0.25, 0.3) is 0 Å². The fourth-order valence-electron chi connectivity index (χ4n) is 2.62. The third kappa shape index (κ3) is 2.14. The zero-order chi connectivity index (χ0) is 11.7. The van der Waals surface area contributed by atoms with Gasteiger partial charge in [-0.3, -0.25) is 4.79 Å². The van der Waals surface area contributed by atoms with E-state index in [1.807, 2.05) is 0 Å². The number of hydrogen-bond donors (Lipinski definition) is 0. The van der Waals surface area contributed by atoms with Crippen LogP contribution in [0.1, 0.15) is 36.8 Å². The highest BCUT2D eigenvalue weighted by atomic mass is 32.1. The quantitative estimate of drug-likeness (QED) is 0.686. The minimum atomic E-state index is 0.299. The standard InChI is InChI=1S/C15H16OS/c16-15-11-5-3-1-2-4-6-12(15)8-14-10-17-9-13(14)7-11/h7-10H,1-6H2. The molecular weight excluding hydrogens is 228 g/mol. The van der Waals surface area contributed by atoms with E-state index in [9.17, 15) is 4.79 Å². The van der Waals surface area contributed by atoms with Gasteiger partial charge in [0.15, 0.2) is 5.43 Å². The van der Waals surface area contributed by atoms with Crippen molar-refractivity contribution in [3.63, 3.8) is 0 Å². The minimum Gasteiger partial charge on any atom is -0.289 e. The molecule has 0 N–H and O–H groups in total. The predicted molar refractivity (Wildman–Crippen MR) is 74.0 cm³/mol. The van der Waals surface area contributed by atoms with Gasteiger partial charge in [-0.1, -0.05) is 12.8 Å². The van der Waals surface area contributed by atoms with Crippen molar-refractivity contribution in [1.82, 2.24) is 0 Å². The van der Waals surface area contributed by atoms with Crippen LogP contribution in [0.15, 0.2) is 27.7 Å². The number of hydrogen-bond acceptors (Lipinski definition) is 2. The summed E-state index contributed by atoms with van der Waals surface area (Å²) in [5, 5.41) is 6.75. The summed E-state index contributed by atoms with van der Waals surface area (Å²) in [7, 11) is 0. The van der Waals surface area contributed by atoms with E-state index in [-0.39, 0.29) is 0 Å². The van der Waals surface area contributed by atoms with Crippen molar-refractivity contribution < 1.29 is 0 Å². The van der Waals surface area contributed by atoms with Crippen LogP contribution in [0.25, 0.3) is 10.8 Å². The SMILES string of the molecule is O=c1c2cc3cscc3cc1CCCCCC2. The maximum Gasteiger partial charge on any atom is 0.185 e.